The van der Waals surface area contributed by atoms with Crippen LogP contribution in [0.15, 0.2) is 82.0 Å². The van der Waals surface area contributed by atoms with E-state index in [9.17, 15) is 9.59 Å². The molecule has 148 valence electrons. The van der Waals surface area contributed by atoms with Crippen LogP contribution in [0.1, 0.15) is 42.2 Å². The Bertz CT molecular complexity index is 1030. The lowest BCUT2D eigenvalue weighted by atomic mass is 10.0. The van der Waals surface area contributed by atoms with E-state index < -0.39 is 11.6 Å². The normalized spacial score (nSPS) is 11.1. The minimum Gasteiger partial charge on any atom is -0.428 e. The van der Waals surface area contributed by atoms with E-state index in [-0.39, 0.29) is 5.75 Å². The number of hydrogen-bond donors (Lipinski definition) is 0. The van der Waals surface area contributed by atoms with Gasteiger partial charge in [0.1, 0.15) is 11.5 Å². The Morgan fingerprint density at radius 2 is 1.72 bits per heavy atom. The summed E-state index contributed by atoms with van der Waals surface area (Å²) in [6, 6.07) is 20.7. The molecular formula is C25H24O4. The molecule has 2 aromatic carbocycles. The SMILES string of the molecule is CC(C)c1ccc(/C=C/C(=O)Oc2cc(CCc3ccccc3)oc(=O)c2)cc1. The van der Waals surface area contributed by atoms with Crippen LogP contribution < -0.4 is 10.4 Å². The summed E-state index contributed by atoms with van der Waals surface area (Å²) in [5.74, 6) is 0.586. The van der Waals surface area contributed by atoms with Gasteiger partial charge >= 0.3 is 11.6 Å². The first-order chi connectivity index (χ1) is 14.0. The molecule has 0 aliphatic rings. The molecule has 0 saturated carbocycles. The zero-order chi connectivity index (χ0) is 20.6. The standard InChI is InChI=1S/C25H24O4/c1-18(2)21-12-8-20(9-13-21)11-15-24(26)29-23-16-22(28-25(27)17-23)14-10-19-6-4-3-5-7-19/h3-9,11-13,15-18H,10,14H2,1-2H3/b15-11+. The number of rotatable bonds is 7. The van der Waals surface area contributed by atoms with Crippen LogP contribution in [-0.2, 0) is 17.6 Å². The molecule has 0 aliphatic carbocycles. The van der Waals surface area contributed by atoms with Crippen molar-refractivity contribution in [1.82, 2.24) is 0 Å². The van der Waals surface area contributed by atoms with Crippen LogP contribution >= 0.6 is 0 Å². The van der Waals surface area contributed by atoms with E-state index in [1.165, 1.54) is 17.7 Å². The van der Waals surface area contributed by atoms with Gasteiger partial charge in [-0.15, -0.1) is 0 Å². The molecule has 3 rings (SSSR count). The van der Waals surface area contributed by atoms with Crippen molar-refractivity contribution >= 4 is 12.0 Å². The van der Waals surface area contributed by atoms with E-state index >= 15 is 0 Å². The highest BCUT2D eigenvalue weighted by atomic mass is 16.5. The lowest BCUT2D eigenvalue weighted by molar-refractivity contribution is -0.128. The molecule has 0 unspecified atom stereocenters. The maximum Gasteiger partial charge on any atom is 0.339 e. The van der Waals surface area contributed by atoms with Gasteiger partial charge in [-0.2, -0.15) is 0 Å². The number of carbonyl (C=O) groups is 1. The van der Waals surface area contributed by atoms with Crippen molar-refractivity contribution in [3.05, 3.63) is 106 Å². The summed E-state index contributed by atoms with van der Waals surface area (Å²) in [5.41, 5.74) is 2.75. The third kappa shape index (κ3) is 6.32. The van der Waals surface area contributed by atoms with Gasteiger partial charge in [0.25, 0.3) is 0 Å². The van der Waals surface area contributed by atoms with Gasteiger partial charge in [-0.1, -0.05) is 68.4 Å². The molecule has 4 heteroatoms. The van der Waals surface area contributed by atoms with Crippen LogP contribution in [0.4, 0.5) is 0 Å². The summed E-state index contributed by atoms with van der Waals surface area (Å²) >= 11 is 0. The fourth-order valence-corrected chi connectivity index (χ4v) is 2.91. The van der Waals surface area contributed by atoms with Crippen LogP contribution in [0.3, 0.4) is 0 Å². The number of carbonyl (C=O) groups excluding carboxylic acids is 1. The number of benzene rings is 2. The molecule has 0 atom stereocenters. The molecular weight excluding hydrogens is 364 g/mol. The fourth-order valence-electron chi connectivity index (χ4n) is 2.91. The zero-order valence-corrected chi connectivity index (χ0v) is 16.6. The number of ether oxygens (including phenoxy) is 1. The van der Waals surface area contributed by atoms with Gasteiger partial charge in [0.15, 0.2) is 0 Å². The third-order valence-corrected chi connectivity index (χ3v) is 4.53. The molecule has 0 bridgehead atoms. The maximum atomic E-state index is 12.1. The van der Waals surface area contributed by atoms with Crippen molar-refractivity contribution < 1.29 is 13.9 Å². The van der Waals surface area contributed by atoms with Crippen molar-refractivity contribution in [2.75, 3.05) is 0 Å². The van der Waals surface area contributed by atoms with Gasteiger partial charge in [0, 0.05) is 18.6 Å². The molecule has 0 radical (unpaired) electrons. The molecule has 4 nitrogen and oxygen atoms in total. The highest BCUT2D eigenvalue weighted by molar-refractivity contribution is 5.88. The van der Waals surface area contributed by atoms with Gasteiger partial charge in [-0.05, 0) is 35.1 Å². The maximum absolute atomic E-state index is 12.1. The Morgan fingerprint density at radius 1 is 1.00 bits per heavy atom. The van der Waals surface area contributed by atoms with E-state index in [4.69, 9.17) is 9.15 Å². The molecule has 29 heavy (non-hydrogen) atoms. The monoisotopic (exact) mass is 388 g/mol. The molecule has 0 N–H and O–H groups in total. The lowest BCUT2D eigenvalue weighted by Gasteiger charge is -2.05. The van der Waals surface area contributed by atoms with Crippen molar-refractivity contribution in [1.29, 1.82) is 0 Å². The summed E-state index contributed by atoms with van der Waals surface area (Å²) in [6.45, 7) is 4.26. The summed E-state index contributed by atoms with van der Waals surface area (Å²) in [7, 11) is 0. The van der Waals surface area contributed by atoms with E-state index in [1.54, 1.807) is 12.1 Å². The Kier molecular flexibility index (Phi) is 6.80. The van der Waals surface area contributed by atoms with Crippen LogP contribution in [0.5, 0.6) is 5.75 Å². The van der Waals surface area contributed by atoms with Crippen molar-refractivity contribution in [2.45, 2.75) is 32.6 Å². The molecule has 1 heterocycles. The van der Waals surface area contributed by atoms with Crippen molar-refractivity contribution in [3.8, 4) is 5.75 Å². The van der Waals surface area contributed by atoms with Crippen LogP contribution in [0.25, 0.3) is 6.08 Å². The first-order valence-electron chi connectivity index (χ1n) is 9.67. The average molecular weight is 388 g/mol. The largest absolute Gasteiger partial charge is 0.428 e. The highest BCUT2D eigenvalue weighted by Crippen LogP contribution is 2.16. The van der Waals surface area contributed by atoms with E-state index in [0.29, 0.717) is 18.1 Å². The number of hydrogen-bond acceptors (Lipinski definition) is 4. The smallest absolute Gasteiger partial charge is 0.339 e. The van der Waals surface area contributed by atoms with Crippen LogP contribution in [0, 0.1) is 0 Å². The fraction of sp³-hybridized carbons (Fsp3) is 0.200. The van der Waals surface area contributed by atoms with Gasteiger partial charge in [-0.3, -0.25) is 0 Å². The second-order valence-corrected chi connectivity index (χ2v) is 7.14. The van der Waals surface area contributed by atoms with Gasteiger partial charge < -0.3 is 9.15 Å². The number of aryl methyl sites for hydroxylation is 2. The first kappa shape index (κ1) is 20.3. The Labute approximate surface area is 170 Å². The van der Waals surface area contributed by atoms with Crippen LogP contribution in [-0.4, -0.2) is 5.97 Å². The molecule has 0 amide bonds. The van der Waals surface area contributed by atoms with E-state index in [2.05, 4.69) is 13.8 Å². The minimum absolute atomic E-state index is 0.189. The zero-order valence-electron chi connectivity index (χ0n) is 16.6. The predicted molar refractivity (Wildman–Crippen MR) is 114 cm³/mol. The quantitative estimate of drug-likeness (QED) is 0.414. The summed E-state index contributed by atoms with van der Waals surface area (Å²) in [5, 5.41) is 0. The Balaban J connectivity index is 1.62. The molecule has 0 spiro atoms. The molecule has 0 fully saturated rings. The summed E-state index contributed by atoms with van der Waals surface area (Å²) in [4.78, 5) is 23.9. The first-order valence-corrected chi connectivity index (χ1v) is 9.67. The second kappa shape index (κ2) is 9.69. The van der Waals surface area contributed by atoms with Gasteiger partial charge in [0.05, 0.1) is 6.07 Å². The summed E-state index contributed by atoms with van der Waals surface area (Å²) < 4.78 is 10.5. The summed E-state index contributed by atoms with van der Waals surface area (Å²) in [6.07, 6.45) is 4.31. The predicted octanol–water partition coefficient (Wildman–Crippen LogP) is 5.17. The van der Waals surface area contributed by atoms with Gasteiger partial charge in [0.2, 0.25) is 0 Å². The molecule has 3 aromatic rings. The third-order valence-electron chi connectivity index (χ3n) is 4.53. The topological polar surface area (TPSA) is 56.5 Å². The van der Waals surface area contributed by atoms with Crippen molar-refractivity contribution in [3.63, 3.8) is 0 Å². The van der Waals surface area contributed by atoms with Crippen molar-refractivity contribution in [2.24, 2.45) is 0 Å². The Morgan fingerprint density at radius 3 is 2.41 bits per heavy atom. The van der Waals surface area contributed by atoms with Gasteiger partial charge in [-0.25, -0.2) is 9.59 Å². The minimum atomic E-state index is -0.544. The molecule has 0 saturated heterocycles. The molecule has 1 aromatic heterocycles. The van der Waals surface area contributed by atoms with Crippen LogP contribution in [0.2, 0.25) is 0 Å². The van der Waals surface area contributed by atoms with E-state index in [0.717, 1.165) is 17.5 Å². The number of esters is 1. The average Bonchev–Trinajstić information content (AvgIpc) is 2.71. The molecule has 0 aliphatic heterocycles. The second-order valence-electron chi connectivity index (χ2n) is 7.14. The Hall–Kier alpha value is -3.40. The van der Waals surface area contributed by atoms with E-state index in [1.807, 2.05) is 54.6 Å². The lowest BCUT2D eigenvalue weighted by Crippen LogP contribution is -2.08. The highest BCUT2D eigenvalue weighted by Gasteiger charge is 2.07.